The standard InChI is InChI=1S/C19H18O4/c1-3-16(20)22-18-17(21)14-11-7-8-12-15(14)23-19(18,2)13-9-5-4-6-10-13/h4-12,18H,3H2,1-2H3. The Morgan fingerprint density at radius 3 is 2.48 bits per heavy atom. The van der Waals surface area contributed by atoms with E-state index >= 15 is 0 Å². The number of fused-ring (bicyclic) bond motifs is 1. The Morgan fingerprint density at radius 1 is 1.13 bits per heavy atom. The second-order valence-electron chi connectivity index (χ2n) is 5.66. The quantitative estimate of drug-likeness (QED) is 0.814. The van der Waals surface area contributed by atoms with Gasteiger partial charge in [0.2, 0.25) is 11.9 Å². The van der Waals surface area contributed by atoms with Crippen LogP contribution >= 0.6 is 0 Å². The van der Waals surface area contributed by atoms with Gasteiger partial charge in [-0.05, 0) is 24.6 Å². The Kier molecular flexibility index (Phi) is 3.90. The van der Waals surface area contributed by atoms with Gasteiger partial charge >= 0.3 is 5.97 Å². The summed E-state index contributed by atoms with van der Waals surface area (Å²) in [6.45, 7) is 3.48. The molecule has 0 aliphatic carbocycles. The molecule has 23 heavy (non-hydrogen) atoms. The van der Waals surface area contributed by atoms with Crippen molar-refractivity contribution in [3.8, 4) is 5.75 Å². The molecular weight excluding hydrogens is 292 g/mol. The van der Waals surface area contributed by atoms with Crippen molar-refractivity contribution in [2.24, 2.45) is 0 Å². The lowest BCUT2D eigenvalue weighted by molar-refractivity contribution is -0.157. The van der Waals surface area contributed by atoms with E-state index in [1.54, 1.807) is 32.0 Å². The average Bonchev–Trinajstić information content (AvgIpc) is 2.59. The van der Waals surface area contributed by atoms with Crippen LogP contribution in [0.1, 0.15) is 36.2 Å². The van der Waals surface area contributed by atoms with Crippen LogP contribution in [-0.2, 0) is 15.1 Å². The van der Waals surface area contributed by atoms with Gasteiger partial charge in [0.05, 0.1) is 5.56 Å². The fraction of sp³-hybridized carbons (Fsp3) is 0.263. The van der Waals surface area contributed by atoms with Crippen molar-refractivity contribution in [1.82, 2.24) is 0 Å². The molecule has 118 valence electrons. The number of Topliss-reactive ketones (excluding diaryl/α,β-unsaturated/α-hetero) is 1. The van der Waals surface area contributed by atoms with Gasteiger partial charge in [0.15, 0.2) is 5.60 Å². The van der Waals surface area contributed by atoms with Crippen molar-refractivity contribution in [3.63, 3.8) is 0 Å². The summed E-state index contributed by atoms with van der Waals surface area (Å²) < 4.78 is 11.6. The number of carbonyl (C=O) groups is 2. The fourth-order valence-electron chi connectivity index (χ4n) is 2.79. The van der Waals surface area contributed by atoms with E-state index in [2.05, 4.69) is 0 Å². The highest BCUT2D eigenvalue weighted by atomic mass is 16.6. The zero-order valence-electron chi connectivity index (χ0n) is 13.1. The van der Waals surface area contributed by atoms with Crippen LogP contribution in [0.3, 0.4) is 0 Å². The SMILES string of the molecule is CCC(=O)OC1C(=O)c2ccccc2OC1(C)c1ccccc1. The van der Waals surface area contributed by atoms with E-state index in [4.69, 9.17) is 9.47 Å². The van der Waals surface area contributed by atoms with Crippen LogP contribution in [0.5, 0.6) is 5.75 Å². The van der Waals surface area contributed by atoms with Crippen LogP contribution < -0.4 is 4.74 Å². The van der Waals surface area contributed by atoms with Gasteiger partial charge in [-0.3, -0.25) is 9.59 Å². The summed E-state index contributed by atoms with van der Waals surface area (Å²) in [5.74, 6) is -0.152. The second kappa shape index (κ2) is 5.88. The highest BCUT2D eigenvalue weighted by Gasteiger charge is 2.50. The summed E-state index contributed by atoms with van der Waals surface area (Å²) in [5.41, 5.74) is 0.170. The van der Waals surface area contributed by atoms with Gasteiger partial charge in [-0.25, -0.2) is 0 Å². The van der Waals surface area contributed by atoms with E-state index in [0.29, 0.717) is 11.3 Å². The van der Waals surface area contributed by atoms with Crippen molar-refractivity contribution in [3.05, 3.63) is 65.7 Å². The van der Waals surface area contributed by atoms with Gasteiger partial charge in [-0.15, -0.1) is 0 Å². The highest BCUT2D eigenvalue weighted by molar-refractivity contribution is 6.04. The molecule has 1 aliphatic rings. The van der Waals surface area contributed by atoms with E-state index < -0.39 is 17.7 Å². The molecule has 4 heteroatoms. The molecule has 1 heterocycles. The van der Waals surface area contributed by atoms with Crippen LogP contribution in [-0.4, -0.2) is 17.9 Å². The van der Waals surface area contributed by atoms with Crippen molar-refractivity contribution in [2.45, 2.75) is 32.0 Å². The minimum absolute atomic E-state index is 0.205. The third-order valence-corrected chi connectivity index (χ3v) is 4.10. The fourth-order valence-corrected chi connectivity index (χ4v) is 2.79. The first-order chi connectivity index (χ1) is 11.1. The first-order valence-electron chi connectivity index (χ1n) is 7.63. The smallest absolute Gasteiger partial charge is 0.306 e. The highest BCUT2D eigenvalue weighted by Crippen LogP contribution is 2.41. The van der Waals surface area contributed by atoms with E-state index in [0.717, 1.165) is 5.56 Å². The number of rotatable bonds is 3. The van der Waals surface area contributed by atoms with Gasteiger partial charge in [-0.2, -0.15) is 0 Å². The average molecular weight is 310 g/mol. The number of esters is 1. The summed E-state index contributed by atoms with van der Waals surface area (Å²) in [4.78, 5) is 24.7. The number of hydrogen-bond donors (Lipinski definition) is 0. The molecule has 0 bridgehead atoms. The van der Waals surface area contributed by atoms with Crippen LogP contribution in [0.4, 0.5) is 0 Å². The lowest BCUT2D eigenvalue weighted by Gasteiger charge is -2.40. The zero-order chi connectivity index (χ0) is 16.4. The molecule has 2 atom stereocenters. The molecule has 0 saturated heterocycles. The maximum absolute atomic E-state index is 12.9. The summed E-state index contributed by atoms with van der Waals surface area (Å²) >= 11 is 0. The molecule has 0 radical (unpaired) electrons. The van der Waals surface area contributed by atoms with Crippen molar-refractivity contribution >= 4 is 11.8 Å². The van der Waals surface area contributed by atoms with Crippen LogP contribution in [0.2, 0.25) is 0 Å². The number of hydrogen-bond acceptors (Lipinski definition) is 4. The topological polar surface area (TPSA) is 52.6 Å². The third-order valence-electron chi connectivity index (χ3n) is 4.10. The van der Waals surface area contributed by atoms with Crippen molar-refractivity contribution in [1.29, 1.82) is 0 Å². The molecule has 2 unspecified atom stereocenters. The third kappa shape index (κ3) is 2.61. The number of ether oxygens (including phenoxy) is 2. The van der Waals surface area contributed by atoms with E-state index in [-0.39, 0.29) is 12.2 Å². The van der Waals surface area contributed by atoms with Gasteiger partial charge in [0.25, 0.3) is 0 Å². The van der Waals surface area contributed by atoms with Gasteiger partial charge in [0.1, 0.15) is 5.75 Å². The lowest BCUT2D eigenvalue weighted by Crippen LogP contribution is -2.52. The van der Waals surface area contributed by atoms with Gasteiger partial charge in [0, 0.05) is 6.42 Å². The molecule has 0 amide bonds. The van der Waals surface area contributed by atoms with E-state index in [1.807, 2.05) is 36.4 Å². The molecule has 0 fully saturated rings. The van der Waals surface area contributed by atoms with Crippen LogP contribution in [0.25, 0.3) is 0 Å². The van der Waals surface area contributed by atoms with Gasteiger partial charge < -0.3 is 9.47 Å². The predicted molar refractivity (Wildman–Crippen MR) is 85.4 cm³/mol. The Bertz CT molecular complexity index is 738. The normalized spacial score (nSPS) is 22.9. The largest absolute Gasteiger partial charge is 0.478 e. The lowest BCUT2D eigenvalue weighted by atomic mass is 9.83. The molecule has 0 saturated carbocycles. The van der Waals surface area contributed by atoms with E-state index in [1.165, 1.54) is 0 Å². The zero-order valence-corrected chi connectivity index (χ0v) is 13.1. The molecule has 3 rings (SSSR count). The van der Waals surface area contributed by atoms with Crippen molar-refractivity contribution < 1.29 is 19.1 Å². The molecule has 1 aliphatic heterocycles. The first kappa shape index (κ1) is 15.3. The first-order valence-corrected chi connectivity index (χ1v) is 7.63. The molecule has 0 spiro atoms. The number of para-hydroxylation sites is 1. The minimum Gasteiger partial charge on any atom is -0.478 e. The van der Waals surface area contributed by atoms with Crippen LogP contribution in [0, 0.1) is 0 Å². The number of benzene rings is 2. The Morgan fingerprint density at radius 2 is 1.78 bits per heavy atom. The predicted octanol–water partition coefficient (Wildman–Crippen LogP) is 3.50. The van der Waals surface area contributed by atoms with Gasteiger partial charge in [-0.1, -0.05) is 49.4 Å². The van der Waals surface area contributed by atoms with E-state index in [9.17, 15) is 9.59 Å². The molecule has 2 aromatic carbocycles. The summed E-state index contributed by atoms with van der Waals surface area (Å²) in [5, 5.41) is 0. The second-order valence-corrected chi connectivity index (χ2v) is 5.66. The number of carbonyl (C=O) groups excluding carboxylic acids is 2. The molecule has 0 aromatic heterocycles. The Balaban J connectivity index is 2.12. The Labute approximate surface area is 135 Å². The molecule has 2 aromatic rings. The maximum Gasteiger partial charge on any atom is 0.306 e. The molecule has 4 nitrogen and oxygen atoms in total. The summed E-state index contributed by atoms with van der Waals surface area (Å²) in [6.07, 6.45) is -0.803. The van der Waals surface area contributed by atoms with Crippen molar-refractivity contribution in [2.75, 3.05) is 0 Å². The summed E-state index contributed by atoms with van der Waals surface area (Å²) in [6, 6.07) is 16.4. The molecule has 0 N–H and O–H groups in total. The van der Waals surface area contributed by atoms with Crippen LogP contribution in [0.15, 0.2) is 54.6 Å². The maximum atomic E-state index is 12.9. The Hall–Kier alpha value is -2.62. The summed E-state index contributed by atoms with van der Waals surface area (Å²) in [7, 11) is 0. The number of ketones is 1. The monoisotopic (exact) mass is 310 g/mol. The molecular formula is C19H18O4. The minimum atomic E-state index is -1.06.